The van der Waals surface area contributed by atoms with Crippen LogP contribution in [0.1, 0.15) is 0 Å². The summed E-state index contributed by atoms with van der Waals surface area (Å²) in [4.78, 5) is 12.0. The largest absolute Gasteiger partial charge is 0.503 e. The second-order valence-electron chi connectivity index (χ2n) is 7.58. The van der Waals surface area contributed by atoms with E-state index >= 15 is 0 Å². The number of hydrogen-bond donors (Lipinski definition) is 3. The molecule has 0 aliphatic rings. The van der Waals surface area contributed by atoms with Crippen LogP contribution in [0.3, 0.4) is 0 Å². The zero-order chi connectivity index (χ0) is 21.7. The third kappa shape index (κ3) is 2.66. The Labute approximate surface area is 183 Å². The Morgan fingerprint density at radius 3 is 2.53 bits per heavy atom. The highest BCUT2D eigenvalue weighted by molar-refractivity contribution is 6.00. The van der Waals surface area contributed by atoms with Crippen molar-refractivity contribution in [3.63, 3.8) is 0 Å². The fraction of sp³-hybridized carbons (Fsp3) is 0. The molecule has 3 aromatic carbocycles. The van der Waals surface area contributed by atoms with E-state index in [-0.39, 0.29) is 11.6 Å². The molecule has 0 saturated heterocycles. The van der Waals surface area contributed by atoms with Gasteiger partial charge >= 0.3 is 0 Å². The lowest BCUT2D eigenvalue weighted by Gasteiger charge is -2.14. The van der Waals surface area contributed by atoms with Crippen LogP contribution in [0.2, 0.25) is 0 Å². The topological polar surface area (TPSA) is 87.0 Å². The molecular weight excluding hydrogens is 400 g/mol. The second kappa shape index (κ2) is 6.99. The van der Waals surface area contributed by atoms with Crippen molar-refractivity contribution in [2.75, 3.05) is 0 Å². The van der Waals surface area contributed by atoms with Gasteiger partial charge in [-0.2, -0.15) is 0 Å². The number of nitrogens with zero attached hydrogens (tertiary/aromatic N) is 3. The van der Waals surface area contributed by atoms with E-state index in [9.17, 15) is 10.2 Å². The zero-order valence-corrected chi connectivity index (χ0v) is 16.9. The van der Waals surface area contributed by atoms with Crippen LogP contribution in [0.5, 0.6) is 11.6 Å². The fourth-order valence-electron chi connectivity index (χ4n) is 4.29. The highest BCUT2D eigenvalue weighted by Gasteiger charge is 2.27. The van der Waals surface area contributed by atoms with Crippen LogP contribution in [-0.4, -0.2) is 29.7 Å². The number of hydrogen-bond acceptors (Lipinski definition) is 4. The van der Waals surface area contributed by atoms with Gasteiger partial charge in [-0.15, -0.1) is 0 Å². The Kier molecular flexibility index (Phi) is 3.98. The van der Waals surface area contributed by atoms with E-state index in [0.29, 0.717) is 16.9 Å². The van der Waals surface area contributed by atoms with Crippen molar-refractivity contribution in [1.29, 1.82) is 0 Å². The lowest BCUT2D eigenvalue weighted by Crippen LogP contribution is -1.98. The van der Waals surface area contributed by atoms with Crippen molar-refractivity contribution in [1.82, 2.24) is 19.5 Å². The van der Waals surface area contributed by atoms with Crippen LogP contribution in [0.25, 0.3) is 50.0 Å². The maximum atomic E-state index is 11.1. The van der Waals surface area contributed by atoms with Crippen LogP contribution < -0.4 is 0 Å². The molecule has 3 heterocycles. The number of nitrogens with one attached hydrogen (secondary N) is 1. The summed E-state index contributed by atoms with van der Waals surface area (Å²) in [5.41, 5.74) is 5.94. The molecule has 0 saturated carbocycles. The van der Waals surface area contributed by atoms with Gasteiger partial charge in [-0.1, -0.05) is 54.6 Å². The summed E-state index contributed by atoms with van der Waals surface area (Å²) in [6, 6.07) is 25.0. The quantitative estimate of drug-likeness (QED) is 0.347. The molecule has 3 N–H and O–H groups in total. The standard InChI is InChI=1S/C26H18N4O2/c31-25-22(16-6-2-1-3-7-16)24(19-10-4-8-17-9-5-13-27-23(17)19)30(26(25)32)18-11-12-20-21(14-18)29-15-28-20/h1-15,31-32H,(H,28,29). The van der Waals surface area contributed by atoms with Crippen LogP contribution in [0.15, 0.2) is 91.4 Å². The van der Waals surface area contributed by atoms with Crippen LogP contribution in [-0.2, 0) is 0 Å². The van der Waals surface area contributed by atoms with Crippen molar-refractivity contribution in [3.05, 3.63) is 91.4 Å². The Morgan fingerprint density at radius 1 is 0.812 bits per heavy atom. The molecule has 0 spiro atoms. The van der Waals surface area contributed by atoms with Gasteiger partial charge < -0.3 is 15.2 Å². The molecule has 6 nitrogen and oxygen atoms in total. The number of fused-ring (bicyclic) bond motifs is 2. The molecule has 6 heteroatoms. The molecule has 6 rings (SSSR count). The summed E-state index contributed by atoms with van der Waals surface area (Å²) in [7, 11) is 0. The minimum absolute atomic E-state index is 0.177. The van der Waals surface area contributed by atoms with Gasteiger partial charge in [0.1, 0.15) is 0 Å². The smallest absolute Gasteiger partial charge is 0.240 e. The number of benzene rings is 3. The third-order valence-corrected chi connectivity index (χ3v) is 5.73. The van der Waals surface area contributed by atoms with E-state index in [2.05, 4.69) is 15.0 Å². The second-order valence-corrected chi connectivity index (χ2v) is 7.58. The maximum absolute atomic E-state index is 11.1. The van der Waals surface area contributed by atoms with Gasteiger partial charge in [-0.25, -0.2) is 4.98 Å². The monoisotopic (exact) mass is 418 g/mol. The Hall–Kier alpha value is -4.58. The first kappa shape index (κ1) is 18.2. The summed E-state index contributed by atoms with van der Waals surface area (Å²) < 4.78 is 1.67. The first-order valence-corrected chi connectivity index (χ1v) is 10.2. The summed E-state index contributed by atoms with van der Waals surface area (Å²) in [6.07, 6.45) is 3.38. The third-order valence-electron chi connectivity index (χ3n) is 5.73. The summed E-state index contributed by atoms with van der Waals surface area (Å²) >= 11 is 0. The predicted octanol–water partition coefficient (Wildman–Crippen LogP) is 5.65. The first-order valence-electron chi connectivity index (χ1n) is 10.2. The van der Waals surface area contributed by atoms with Crippen LogP contribution in [0.4, 0.5) is 0 Å². The Morgan fingerprint density at radius 2 is 1.66 bits per heavy atom. The van der Waals surface area contributed by atoms with Crippen LogP contribution in [0, 0.1) is 0 Å². The van der Waals surface area contributed by atoms with E-state index in [1.807, 2.05) is 78.9 Å². The molecule has 3 aromatic heterocycles. The van der Waals surface area contributed by atoms with Gasteiger partial charge in [0.2, 0.25) is 5.88 Å². The normalized spacial score (nSPS) is 11.4. The van der Waals surface area contributed by atoms with Gasteiger partial charge in [0, 0.05) is 17.1 Å². The minimum atomic E-state index is -0.231. The molecular formula is C26H18N4O2. The Bertz CT molecular complexity index is 1590. The van der Waals surface area contributed by atoms with E-state index in [4.69, 9.17) is 0 Å². The molecule has 0 atom stereocenters. The number of para-hydroxylation sites is 1. The summed E-state index contributed by atoms with van der Waals surface area (Å²) in [5, 5.41) is 23.2. The maximum Gasteiger partial charge on any atom is 0.240 e. The molecule has 0 bridgehead atoms. The average molecular weight is 418 g/mol. The van der Waals surface area contributed by atoms with Crippen molar-refractivity contribution >= 4 is 21.9 Å². The molecule has 0 radical (unpaired) electrons. The van der Waals surface area contributed by atoms with Crippen molar-refractivity contribution < 1.29 is 10.2 Å². The molecule has 0 amide bonds. The van der Waals surface area contributed by atoms with Crippen molar-refractivity contribution in [3.8, 4) is 39.7 Å². The molecule has 0 aliphatic carbocycles. The van der Waals surface area contributed by atoms with Gasteiger partial charge in [-0.05, 0) is 29.8 Å². The Balaban J connectivity index is 1.75. The van der Waals surface area contributed by atoms with Crippen molar-refractivity contribution in [2.24, 2.45) is 0 Å². The minimum Gasteiger partial charge on any atom is -0.503 e. The molecule has 154 valence electrons. The molecule has 0 aliphatic heterocycles. The number of aromatic hydroxyl groups is 2. The number of aromatic amines is 1. The van der Waals surface area contributed by atoms with Crippen molar-refractivity contribution in [2.45, 2.75) is 0 Å². The SMILES string of the molecule is Oc1c(-c2ccccc2)c(-c2cccc3cccnc23)n(-c2ccc3nc[nH]c3c2)c1O. The zero-order valence-electron chi connectivity index (χ0n) is 16.9. The molecule has 0 fully saturated rings. The molecule has 0 unspecified atom stereocenters. The number of imidazole rings is 1. The van der Waals surface area contributed by atoms with E-state index in [1.54, 1.807) is 17.1 Å². The highest BCUT2D eigenvalue weighted by Crippen LogP contribution is 2.49. The summed E-state index contributed by atoms with van der Waals surface area (Å²) in [6.45, 7) is 0. The fourth-order valence-corrected chi connectivity index (χ4v) is 4.29. The van der Waals surface area contributed by atoms with Crippen LogP contribution >= 0.6 is 0 Å². The van der Waals surface area contributed by atoms with E-state index < -0.39 is 0 Å². The lowest BCUT2D eigenvalue weighted by atomic mass is 9.98. The number of H-pyrrole nitrogens is 1. The van der Waals surface area contributed by atoms with E-state index in [0.717, 1.165) is 33.1 Å². The number of rotatable bonds is 3. The molecule has 6 aromatic rings. The predicted molar refractivity (Wildman–Crippen MR) is 125 cm³/mol. The van der Waals surface area contributed by atoms with Gasteiger partial charge in [-0.3, -0.25) is 9.55 Å². The van der Waals surface area contributed by atoms with E-state index in [1.165, 1.54) is 0 Å². The van der Waals surface area contributed by atoms with Gasteiger partial charge in [0.05, 0.1) is 39.8 Å². The van der Waals surface area contributed by atoms with Gasteiger partial charge in [0.15, 0.2) is 5.75 Å². The number of aromatic nitrogens is 4. The first-order chi connectivity index (χ1) is 15.7. The summed E-state index contributed by atoms with van der Waals surface area (Å²) in [5.74, 6) is -0.408. The average Bonchev–Trinajstić information content (AvgIpc) is 3.41. The molecule has 32 heavy (non-hydrogen) atoms. The number of pyridine rings is 1. The highest BCUT2D eigenvalue weighted by atomic mass is 16.3. The van der Waals surface area contributed by atoms with Gasteiger partial charge in [0.25, 0.3) is 0 Å². The lowest BCUT2D eigenvalue weighted by molar-refractivity contribution is 0.388.